The number of hydrogen-bond acceptors (Lipinski definition) is 3. The van der Waals surface area contributed by atoms with Gasteiger partial charge in [0.25, 0.3) is 0 Å². The first-order chi connectivity index (χ1) is 8.79. The van der Waals surface area contributed by atoms with Crippen molar-refractivity contribution in [1.82, 2.24) is 19.6 Å². The Morgan fingerprint density at radius 2 is 2.00 bits per heavy atom. The zero-order chi connectivity index (χ0) is 12.8. The van der Waals surface area contributed by atoms with Crippen molar-refractivity contribution >= 4 is 17.5 Å². The molecule has 0 spiro atoms. The lowest BCUT2D eigenvalue weighted by atomic mass is 10.3. The highest BCUT2D eigenvalue weighted by atomic mass is 35.5. The molecule has 0 saturated carbocycles. The van der Waals surface area contributed by atoms with Gasteiger partial charge in [0, 0.05) is 57.4 Å². The summed E-state index contributed by atoms with van der Waals surface area (Å²) in [7, 11) is 0. The maximum atomic E-state index is 11.7. The van der Waals surface area contributed by atoms with Crippen LogP contribution in [0.1, 0.15) is 6.42 Å². The summed E-state index contributed by atoms with van der Waals surface area (Å²) in [6.45, 7) is 5.40. The van der Waals surface area contributed by atoms with E-state index in [2.05, 4.69) is 10.00 Å². The lowest BCUT2D eigenvalue weighted by molar-refractivity contribution is -0.132. The average Bonchev–Trinajstić information content (AvgIpc) is 2.90. The molecule has 1 aromatic heterocycles. The summed E-state index contributed by atoms with van der Waals surface area (Å²) < 4.78 is 1.94. The molecule has 6 heteroatoms. The highest BCUT2D eigenvalue weighted by Gasteiger charge is 2.20. The van der Waals surface area contributed by atoms with Crippen molar-refractivity contribution in [3.05, 3.63) is 18.5 Å². The molecular weight excluding hydrogens is 252 g/mol. The highest BCUT2D eigenvalue weighted by molar-refractivity contribution is 6.18. The molecule has 100 valence electrons. The van der Waals surface area contributed by atoms with Crippen LogP contribution in [0.5, 0.6) is 0 Å². The second-order valence-electron chi connectivity index (χ2n) is 4.43. The topological polar surface area (TPSA) is 41.4 Å². The quantitative estimate of drug-likeness (QED) is 0.738. The summed E-state index contributed by atoms with van der Waals surface area (Å²) in [5.74, 6) is 0.593. The van der Waals surface area contributed by atoms with Crippen molar-refractivity contribution < 1.29 is 4.79 Å². The molecule has 1 amide bonds. The first-order valence-corrected chi connectivity index (χ1v) is 6.86. The van der Waals surface area contributed by atoms with Crippen LogP contribution in [0.2, 0.25) is 0 Å². The molecule has 0 aliphatic carbocycles. The molecule has 0 atom stereocenters. The van der Waals surface area contributed by atoms with Gasteiger partial charge in [0.05, 0.1) is 6.54 Å². The van der Waals surface area contributed by atoms with Crippen LogP contribution in [-0.2, 0) is 11.3 Å². The van der Waals surface area contributed by atoms with Gasteiger partial charge in [0.2, 0.25) is 5.91 Å². The molecule has 1 aliphatic heterocycles. The molecule has 1 aromatic rings. The SMILES string of the molecule is O=C(CCCl)N1CCN(CCn2cccn2)CC1. The standard InChI is InChI=1S/C12H19ClN4O/c13-3-2-12(18)16-9-6-15(7-10-16)8-11-17-5-1-4-14-17/h1,4-5H,2-3,6-11H2. The van der Waals surface area contributed by atoms with E-state index >= 15 is 0 Å². The van der Waals surface area contributed by atoms with Gasteiger partial charge in [-0.2, -0.15) is 5.10 Å². The van der Waals surface area contributed by atoms with Gasteiger partial charge >= 0.3 is 0 Å². The van der Waals surface area contributed by atoms with Crippen LogP contribution in [0, 0.1) is 0 Å². The largest absolute Gasteiger partial charge is 0.340 e. The number of hydrogen-bond donors (Lipinski definition) is 0. The number of carbonyl (C=O) groups is 1. The van der Waals surface area contributed by atoms with Gasteiger partial charge in [-0.25, -0.2) is 0 Å². The summed E-state index contributed by atoms with van der Waals surface area (Å²) in [4.78, 5) is 15.9. The monoisotopic (exact) mass is 270 g/mol. The maximum absolute atomic E-state index is 11.7. The van der Waals surface area contributed by atoms with E-state index in [1.807, 2.05) is 21.8 Å². The van der Waals surface area contributed by atoms with Gasteiger partial charge in [0.15, 0.2) is 0 Å². The molecule has 0 N–H and O–H groups in total. The molecule has 1 aliphatic rings. The van der Waals surface area contributed by atoms with E-state index in [1.165, 1.54) is 0 Å². The lowest BCUT2D eigenvalue weighted by Crippen LogP contribution is -2.49. The molecule has 0 aromatic carbocycles. The van der Waals surface area contributed by atoms with Crippen molar-refractivity contribution in [2.45, 2.75) is 13.0 Å². The van der Waals surface area contributed by atoms with E-state index in [0.29, 0.717) is 12.3 Å². The Morgan fingerprint density at radius 1 is 1.22 bits per heavy atom. The third-order valence-corrected chi connectivity index (χ3v) is 3.43. The molecule has 5 nitrogen and oxygen atoms in total. The predicted octanol–water partition coefficient (Wildman–Crippen LogP) is 0.656. The third kappa shape index (κ3) is 3.71. The number of halogens is 1. The number of aromatic nitrogens is 2. The van der Waals surface area contributed by atoms with Crippen molar-refractivity contribution in [1.29, 1.82) is 0 Å². The van der Waals surface area contributed by atoms with Crippen LogP contribution in [0.4, 0.5) is 0 Å². The summed E-state index contributed by atoms with van der Waals surface area (Å²) in [6, 6.07) is 1.93. The van der Waals surface area contributed by atoms with E-state index in [0.717, 1.165) is 39.3 Å². The van der Waals surface area contributed by atoms with Gasteiger partial charge in [-0.3, -0.25) is 14.4 Å². The summed E-state index contributed by atoms with van der Waals surface area (Å²) in [6.07, 6.45) is 4.22. The predicted molar refractivity (Wildman–Crippen MR) is 70.6 cm³/mol. The molecule has 1 fully saturated rings. The minimum Gasteiger partial charge on any atom is -0.340 e. The Balaban J connectivity index is 1.68. The van der Waals surface area contributed by atoms with Crippen molar-refractivity contribution in [2.75, 3.05) is 38.6 Å². The fraction of sp³-hybridized carbons (Fsp3) is 0.667. The van der Waals surface area contributed by atoms with Crippen molar-refractivity contribution in [3.8, 4) is 0 Å². The molecule has 0 unspecified atom stereocenters. The number of alkyl halides is 1. The van der Waals surface area contributed by atoms with Gasteiger partial charge < -0.3 is 4.90 Å². The smallest absolute Gasteiger partial charge is 0.223 e. The first kappa shape index (κ1) is 13.4. The van der Waals surface area contributed by atoms with Gasteiger partial charge in [0.1, 0.15) is 0 Å². The Bertz CT molecular complexity index is 360. The number of nitrogens with zero attached hydrogens (tertiary/aromatic N) is 4. The second-order valence-corrected chi connectivity index (χ2v) is 4.81. The lowest BCUT2D eigenvalue weighted by Gasteiger charge is -2.34. The Morgan fingerprint density at radius 3 is 2.61 bits per heavy atom. The molecule has 2 rings (SSSR count). The summed E-state index contributed by atoms with van der Waals surface area (Å²) >= 11 is 5.58. The zero-order valence-electron chi connectivity index (χ0n) is 10.5. The summed E-state index contributed by atoms with van der Waals surface area (Å²) in [5.41, 5.74) is 0. The minimum atomic E-state index is 0.178. The Hall–Kier alpha value is -1.07. The van der Waals surface area contributed by atoms with Crippen molar-refractivity contribution in [3.63, 3.8) is 0 Å². The Labute approximate surface area is 112 Å². The van der Waals surface area contributed by atoms with Crippen LogP contribution in [0.25, 0.3) is 0 Å². The normalized spacial score (nSPS) is 17.1. The first-order valence-electron chi connectivity index (χ1n) is 6.33. The fourth-order valence-corrected chi connectivity index (χ4v) is 2.30. The van der Waals surface area contributed by atoms with Crippen LogP contribution < -0.4 is 0 Å². The molecule has 0 bridgehead atoms. The van der Waals surface area contributed by atoms with Crippen LogP contribution in [0.15, 0.2) is 18.5 Å². The molecular formula is C12H19ClN4O. The average molecular weight is 271 g/mol. The molecule has 1 saturated heterocycles. The fourth-order valence-electron chi connectivity index (χ4n) is 2.14. The van der Waals surface area contributed by atoms with Crippen LogP contribution >= 0.6 is 11.6 Å². The number of piperazine rings is 1. The number of rotatable bonds is 5. The van der Waals surface area contributed by atoms with Crippen LogP contribution in [0.3, 0.4) is 0 Å². The van der Waals surface area contributed by atoms with E-state index in [4.69, 9.17) is 11.6 Å². The summed E-state index contributed by atoms with van der Waals surface area (Å²) in [5, 5.41) is 4.18. The molecule has 2 heterocycles. The second kappa shape index (κ2) is 6.75. The van der Waals surface area contributed by atoms with Crippen LogP contribution in [-0.4, -0.2) is 64.1 Å². The van der Waals surface area contributed by atoms with Gasteiger partial charge in [-0.15, -0.1) is 11.6 Å². The highest BCUT2D eigenvalue weighted by Crippen LogP contribution is 2.04. The zero-order valence-corrected chi connectivity index (χ0v) is 11.2. The van der Waals surface area contributed by atoms with Gasteiger partial charge in [-0.1, -0.05) is 0 Å². The van der Waals surface area contributed by atoms with E-state index in [1.54, 1.807) is 6.20 Å². The number of carbonyl (C=O) groups excluding carboxylic acids is 1. The Kier molecular flexibility index (Phi) is 5.01. The minimum absolute atomic E-state index is 0.178. The van der Waals surface area contributed by atoms with Gasteiger partial charge in [-0.05, 0) is 6.07 Å². The maximum Gasteiger partial charge on any atom is 0.223 e. The van der Waals surface area contributed by atoms with E-state index in [-0.39, 0.29) is 5.91 Å². The molecule has 18 heavy (non-hydrogen) atoms. The third-order valence-electron chi connectivity index (χ3n) is 3.24. The number of amides is 1. The van der Waals surface area contributed by atoms with E-state index < -0.39 is 0 Å². The van der Waals surface area contributed by atoms with Crippen molar-refractivity contribution in [2.24, 2.45) is 0 Å². The molecule has 0 radical (unpaired) electrons. The van der Waals surface area contributed by atoms with E-state index in [9.17, 15) is 4.79 Å².